The molecule has 2 atom stereocenters. The zero-order chi connectivity index (χ0) is 24.9. The van der Waals surface area contributed by atoms with Gasteiger partial charge in [-0.05, 0) is 34.7 Å². The van der Waals surface area contributed by atoms with Crippen LogP contribution in [0.4, 0.5) is 4.79 Å². The maximum Gasteiger partial charge on any atom is 0.408 e. The van der Waals surface area contributed by atoms with Crippen LogP contribution in [-0.2, 0) is 21.4 Å². The molecule has 3 aromatic rings. The first-order valence-corrected chi connectivity index (χ1v) is 11.5. The number of aromatic nitrogens is 2. The number of carboxylic acids is 1. The van der Waals surface area contributed by atoms with Crippen molar-refractivity contribution in [3.63, 3.8) is 0 Å². The van der Waals surface area contributed by atoms with Crippen LogP contribution in [0.15, 0.2) is 60.8 Å². The summed E-state index contributed by atoms with van der Waals surface area (Å²) < 4.78 is 7.09. The monoisotopic (exact) mass is 476 g/mol. The Morgan fingerprint density at radius 3 is 2.26 bits per heavy atom. The Kier molecular flexibility index (Phi) is 7.14. The molecule has 1 aliphatic rings. The van der Waals surface area contributed by atoms with Gasteiger partial charge in [-0.3, -0.25) is 14.3 Å². The van der Waals surface area contributed by atoms with Crippen molar-refractivity contribution in [1.82, 2.24) is 20.4 Å². The summed E-state index contributed by atoms with van der Waals surface area (Å²) in [6.07, 6.45) is 1.07. The lowest BCUT2D eigenvalue weighted by molar-refractivity contribution is -0.141. The lowest BCUT2D eigenvalue weighted by atomic mass is 9.98. The van der Waals surface area contributed by atoms with Crippen LogP contribution in [0.5, 0.6) is 0 Å². The summed E-state index contributed by atoms with van der Waals surface area (Å²) in [4.78, 5) is 36.7. The first-order valence-electron chi connectivity index (χ1n) is 11.5. The van der Waals surface area contributed by atoms with Crippen molar-refractivity contribution >= 4 is 18.0 Å². The standard InChI is InChI=1S/C26H28N4O5/c1-16(25(32)33)11-13-27-24(31)23(22-12-14-28-30(22)2)29-26(34)35-15-21-19-9-5-3-7-17(19)18-8-4-6-10-20(18)21/h3-10,12,14,16,21,23H,11,13,15H2,1-2H3,(H,27,31)(H,29,34)(H,32,33). The molecule has 9 nitrogen and oxygen atoms in total. The van der Waals surface area contributed by atoms with Gasteiger partial charge in [0, 0.05) is 25.7 Å². The SMILES string of the molecule is CC(CCNC(=O)C(NC(=O)OCC1c2ccccc2-c2ccccc21)c1ccnn1C)C(=O)O. The van der Waals surface area contributed by atoms with Gasteiger partial charge in [-0.1, -0.05) is 55.5 Å². The zero-order valence-corrected chi connectivity index (χ0v) is 19.6. The number of carbonyl (C=O) groups is 3. The number of nitrogens with one attached hydrogen (secondary N) is 2. The summed E-state index contributed by atoms with van der Waals surface area (Å²) >= 11 is 0. The van der Waals surface area contributed by atoms with E-state index >= 15 is 0 Å². The third-order valence-electron chi connectivity index (χ3n) is 6.32. The molecule has 2 unspecified atom stereocenters. The summed E-state index contributed by atoms with van der Waals surface area (Å²) in [5.74, 6) is -2.10. The topological polar surface area (TPSA) is 123 Å². The van der Waals surface area contributed by atoms with Gasteiger partial charge in [-0.2, -0.15) is 5.10 Å². The number of aryl methyl sites for hydroxylation is 1. The van der Waals surface area contributed by atoms with E-state index in [0.717, 1.165) is 22.3 Å². The summed E-state index contributed by atoms with van der Waals surface area (Å²) in [6.45, 7) is 1.85. The zero-order valence-electron chi connectivity index (χ0n) is 19.6. The fourth-order valence-electron chi connectivity index (χ4n) is 4.34. The van der Waals surface area contributed by atoms with Crippen LogP contribution >= 0.6 is 0 Å². The number of amides is 2. The van der Waals surface area contributed by atoms with Gasteiger partial charge in [-0.15, -0.1) is 0 Å². The summed E-state index contributed by atoms with van der Waals surface area (Å²) in [5.41, 5.74) is 4.91. The Labute approximate surface area is 203 Å². The lowest BCUT2D eigenvalue weighted by Gasteiger charge is -2.20. The van der Waals surface area contributed by atoms with Crippen LogP contribution in [0.1, 0.15) is 42.1 Å². The average molecular weight is 477 g/mol. The van der Waals surface area contributed by atoms with E-state index in [0.29, 0.717) is 5.69 Å². The number of hydrogen-bond donors (Lipinski definition) is 3. The molecule has 9 heteroatoms. The number of nitrogens with zero attached hydrogens (tertiary/aromatic N) is 2. The molecule has 0 spiro atoms. The van der Waals surface area contributed by atoms with Gasteiger partial charge in [0.25, 0.3) is 0 Å². The van der Waals surface area contributed by atoms with Crippen molar-refractivity contribution in [3.8, 4) is 11.1 Å². The van der Waals surface area contributed by atoms with Gasteiger partial charge in [0.2, 0.25) is 5.91 Å². The summed E-state index contributed by atoms with van der Waals surface area (Å²) in [7, 11) is 1.67. The number of ether oxygens (including phenoxy) is 1. The van der Waals surface area contributed by atoms with Crippen molar-refractivity contribution < 1.29 is 24.2 Å². The Balaban J connectivity index is 1.43. The highest BCUT2D eigenvalue weighted by Crippen LogP contribution is 2.44. The van der Waals surface area contributed by atoms with E-state index in [1.807, 2.05) is 36.4 Å². The summed E-state index contributed by atoms with van der Waals surface area (Å²) in [5, 5.41) is 18.5. The highest BCUT2D eigenvalue weighted by atomic mass is 16.5. The molecule has 1 heterocycles. The van der Waals surface area contributed by atoms with Gasteiger partial charge in [0.05, 0.1) is 11.6 Å². The van der Waals surface area contributed by atoms with Crippen LogP contribution in [-0.4, -0.2) is 46.0 Å². The van der Waals surface area contributed by atoms with E-state index < -0.39 is 29.9 Å². The number of aliphatic carboxylic acids is 1. The van der Waals surface area contributed by atoms with Crippen LogP contribution in [0.3, 0.4) is 0 Å². The second kappa shape index (κ2) is 10.4. The van der Waals surface area contributed by atoms with Gasteiger partial charge < -0.3 is 20.5 Å². The van der Waals surface area contributed by atoms with Crippen LogP contribution in [0.2, 0.25) is 0 Å². The van der Waals surface area contributed by atoms with Gasteiger partial charge >= 0.3 is 12.1 Å². The number of fused-ring (bicyclic) bond motifs is 3. The minimum absolute atomic E-state index is 0.102. The van der Waals surface area contributed by atoms with Gasteiger partial charge in [0.15, 0.2) is 6.04 Å². The van der Waals surface area contributed by atoms with E-state index in [1.54, 1.807) is 20.0 Å². The van der Waals surface area contributed by atoms with Crippen molar-refractivity contribution in [1.29, 1.82) is 0 Å². The average Bonchev–Trinajstić information content (AvgIpc) is 3.42. The van der Waals surface area contributed by atoms with Crippen molar-refractivity contribution in [2.75, 3.05) is 13.2 Å². The first-order chi connectivity index (χ1) is 16.9. The molecule has 182 valence electrons. The quantitative estimate of drug-likeness (QED) is 0.436. The number of carboxylic acid groups (broad SMARTS) is 1. The molecule has 0 aliphatic heterocycles. The number of carbonyl (C=O) groups excluding carboxylic acids is 2. The number of alkyl carbamates (subject to hydrolysis) is 1. The second-order valence-corrected chi connectivity index (χ2v) is 8.60. The molecule has 0 bridgehead atoms. The van der Waals surface area contributed by atoms with Crippen molar-refractivity contribution in [2.45, 2.75) is 25.3 Å². The molecule has 3 N–H and O–H groups in total. The lowest BCUT2D eigenvalue weighted by Crippen LogP contribution is -2.42. The predicted molar refractivity (Wildman–Crippen MR) is 129 cm³/mol. The van der Waals surface area contributed by atoms with E-state index in [1.165, 1.54) is 10.9 Å². The molecule has 2 aromatic carbocycles. The van der Waals surface area contributed by atoms with Crippen molar-refractivity contribution in [2.24, 2.45) is 13.0 Å². The molecule has 1 aromatic heterocycles. The smallest absolute Gasteiger partial charge is 0.408 e. The minimum Gasteiger partial charge on any atom is -0.481 e. The Hall–Kier alpha value is -4.14. The molecule has 0 saturated heterocycles. The normalized spacial score (nSPS) is 13.9. The third kappa shape index (κ3) is 5.18. The van der Waals surface area contributed by atoms with E-state index in [9.17, 15) is 14.4 Å². The van der Waals surface area contributed by atoms with Crippen LogP contribution < -0.4 is 10.6 Å². The number of hydrogen-bond acceptors (Lipinski definition) is 5. The molecule has 2 amide bonds. The maximum atomic E-state index is 12.9. The Bertz CT molecular complexity index is 1190. The highest BCUT2D eigenvalue weighted by molar-refractivity contribution is 5.86. The van der Waals surface area contributed by atoms with E-state index in [4.69, 9.17) is 9.84 Å². The fourth-order valence-corrected chi connectivity index (χ4v) is 4.34. The highest BCUT2D eigenvalue weighted by Gasteiger charge is 2.30. The summed E-state index contributed by atoms with van der Waals surface area (Å²) in [6, 6.07) is 16.7. The Morgan fingerprint density at radius 1 is 1.06 bits per heavy atom. The molecule has 0 fully saturated rings. The fraction of sp³-hybridized carbons (Fsp3) is 0.308. The maximum absolute atomic E-state index is 12.9. The van der Waals surface area contributed by atoms with Crippen LogP contribution in [0.25, 0.3) is 11.1 Å². The molecule has 0 saturated carbocycles. The van der Waals surface area contributed by atoms with Crippen LogP contribution in [0, 0.1) is 5.92 Å². The third-order valence-corrected chi connectivity index (χ3v) is 6.32. The number of rotatable bonds is 9. The molecule has 4 rings (SSSR count). The van der Waals surface area contributed by atoms with Gasteiger partial charge in [0.1, 0.15) is 6.61 Å². The predicted octanol–water partition coefficient (Wildman–Crippen LogP) is 3.23. The second-order valence-electron chi connectivity index (χ2n) is 8.60. The molecule has 35 heavy (non-hydrogen) atoms. The molecule has 0 radical (unpaired) electrons. The first kappa shape index (κ1) is 24.0. The van der Waals surface area contributed by atoms with E-state index in [2.05, 4.69) is 27.9 Å². The van der Waals surface area contributed by atoms with Crippen molar-refractivity contribution in [3.05, 3.63) is 77.6 Å². The Morgan fingerprint density at radius 2 is 1.69 bits per heavy atom. The molecular weight excluding hydrogens is 448 g/mol. The van der Waals surface area contributed by atoms with E-state index in [-0.39, 0.29) is 25.5 Å². The number of benzene rings is 2. The van der Waals surface area contributed by atoms with Gasteiger partial charge in [-0.25, -0.2) is 4.79 Å². The minimum atomic E-state index is -1.04. The molecular formula is C26H28N4O5. The largest absolute Gasteiger partial charge is 0.481 e. The molecule has 1 aliphatic carbocycles.